The van der Waals surface area contributed by atoms with Gasteiger partial charge in [-0.1, -0.05) is 17.7 Å². The van der Waals surface area contributed by atoms with Crippen LogP contribution in [0.25, 0.3) is 0 Å². The van der Waals surface area contributed by atoms with Crippen LogP contribution >= 0.6 is 11.6 Å². The van der Waals surface area contributed by atoms with E-state index in [1.807, 2.05) is 0 Å². The summed E-state index contributed by atoms with van der Waals surface area (Å²) in [5.74, 6) is 4.51. The van der Waals surface area contributed by atoms with Crippen molar-refractivity contribution in [1.82, 2.24) is 0 Å². The van der Waals surface area contributed by atoms with E-state index in [9.17, 15) is 9.18 Å². The van der Waals surface area contributed by atoms with E-state index in [-0.39, 0.29) is 5.56 Å². The Bertz CT molecular complexity index is 661. The van der Waals surface area contributed by atoms with E-state index < -0.39 is 11.7 Å². The molecule has 2 aromatic carbocycles. The predicted molar refractivity (Wildman–Crippen MR) is 78.4 cm³/mol. The molecule has 1 amide bonds. The molecule has 4 nitrogen and oxygen atoms in total. The zero-order valence-electron chi connectivity index (χ0n) is 10.7. The maximum atomic E-state index is 13.2. The normalized spacial score (nSPS) is 10.2. The SMILES string of the molecule is Cc1ccc(F)cc1NC(=O)c1cc(Cl)ccc1NN. The van der Waals surface area contributed by atoms with Crippen LogP contribution in [0.5, 0.6) is 0 Å². The number of benzene rings is 2. The summed E-state index contributed by atoms with van der Waals surface area (Å²) in [5.41, 5.74) is 4.29. The van der Waals surface area contributed by atoms with Crippen molar-refractivity contribution in [3.05, 3.63) is 58.4 Å². The number of halogens is 2. The number of aryl methyl sites for hydroxylation is 1. The van der Waals surface area contributed by atoms with E-state index in [1.54, 1.807) is 25.1 Å². The van der Waals surface area contributed by atoms with Crippen LogP contribution in [0, 0.1) is 12.7 Å². The Labute approximate surface area is 120 Å². The Morgan fingerprint density at radius 2 is 1.95 bits per heavy atom. The van der Waals surface area contributed by atoms with Crippen LogP contribution < -0.4 is 16.6 Å². The maximum absolute atomic E-state index is 13.2. The van der Waals surface area contributed by atoms with Gasteiger partial charge in [0.1, 0.15) is 5.82 Å². The molecule has 0 radical (unpaired) electrons. The molecule has 0 unspecified atom stereocenters. The standard InChI is InChI=1S/C14H13ClFN3O/c1-8-2-4-10(16)7-13(8)18-14(20)11-6-9(15)3-5-12(11)19-17/h2-7,19H,17H2,1H3,(H,18,20). The van der Waals surface area contributed by atoms with E-state index >= 15 is 0 Å². The Balaban J connectivity index is 2.32. The molecular formula is C14H13ClFN3O. The van der Waals surface area contributed by atoms with Gasteiger partial charge in [0.15, 0.2) is 0 Å². The highest BCUT2D eigenvalue weighted by Gasteiger charge is 2.13. The van der Waals surface area contributed by atoms with Gasteiger partial charge in [0, 0.05) is 10.7 Å². The highest BCUT2D eigenvalue weighted by molar-refractivity contribution is 6.31. The summed E-state index contributed by atoms with van der Waals surface area (Å²) < 4.78 is 13.2. The Morgan fingerprint density at radius 1 is 1.20 bits per heavy atom. The van der Waals surface area contributed by atoms with Gasteiger partial charge < -0.3 is 10.7 Å². The van der Waals surface area contributed by atoms with Gasteiger partial charge in [-0.3, -0.25) is 10.6 Å². The summed E-state index contributed by atoms with van der Waals surface area (Å²) in [7, 11) is 0. The number of anilines is 2. The lowest BCUT2D eigenvalue weighted by Gasteiger charge is -2.12. The van der Waals surface area contributed by atoms with Gasteiger partial charge in [0.2, 0.25) is 0 Å². The average molecular weight is 294 g/mol. The smallest absolute Gasteiger partial charge is 0.257 e. The summed E-state index contributed by atoms with van der Waals surface area (Å²) in [6.45, 7) is 1.77. The van der Waals surface area contributed by atoms with Crippen molar-refractivity contribution in [2.24, 2.45) is 5.84 Å². The van der Waals surface area contributed by atoms with Crippen LogP contribution in [0.1, 0.15) is 15.9 Å². The van der Waals surface area contributed by atoms with Crippen LogP contribution in [0.2, 0.25) is 5.02 Å². The number of nitrogen functional groups attached to an aromatic ring is 1. The molecule has 0 atom stereocenters. The summed E-state index contributed by atoms with van der Waals surface area (Å²) in [6, 6.07) is 8.87. The van der Waals surface area contributed by atoms with Crippen LogP contribution in [-0.2, 0) is 0 Å². The molecule has 0 fully saturated rings. The molecule has 104 valence electrons. The quantitative estimate of drug-likeness (QED) is 0.601. The third kappa shape index (κ3) is 3.07. The minimum absolute atomic E-state index is 0.281. The van der Waals surface area contributed by atoms with E-state index in [0.717, 1.165) is 5.56 Å². The van der Waals surface area contributed by atoms with Gasteiger partial charge in [-0.15, -0.1) is 0 Å². The van der Waals surface area contributed by atoms with E-state index in [1.165, 1.54) is 18.2 Å². The molecule has 2 aromatic rings. The number of nitrogens with two attached hydrogens (primary N) is 1. The maximum Gasteiger partial charge on any atom is 0.257 e. The van der Waals surface area contributed by atoms with E-state index in [2.05, 4.69) is 10.7 Å². The number of nitrogens with one attached hydrogen (secondary N) is 2. The molecule has 0 saturated heterocycles. The van der Waals surface area contributed by atoms with Crippen molar-refractivity contribution < 1.29 is 9.18 Å². The third-order valence-corrected chi connectivity index (χ3v) is 3.06. The highest BCUT2D eigenvalue weighted by Crippen LogP contribution is 2.22. The topological polar surface area (TPSA) is 67.2 Å². The van der Waals surface area contributed by atoms with Gasteiger partial charge in [0.05, 0.1) is 11.3 Å². The zero-order valence-corrected chi connectivity index (χ0v) is 11.5. The first-order chi connectivity index (χ1) is 9.51. The molecule has 20 heavy (non-hydrogen) atoms. The van der Waals surface area contributed by atoms with E-state index in [4.69, 9.17) is 17.4 Å². The molecule has 0 aliphatic rings. The van der Waals surface area contributed by atoms with Crippen molar-refractivity contribution in [3.8, 4) is 0 Å². The predicted octanol–water partition coefficient (Wildman–Crippen LogP) is 3.33. The number of carbonyl (C=O) groups is 1. The van der Waals surface area contributed by atoms with Crippen molar-refractivity contribution >= 4 is 28.9 Å². The third-order valence-electron chi connectivity index (χ3n) is 2.83. The second-order valence-corrected chi connectivity index (χ2v) is 4.68. The van der Waals surface area contributed by atoms with Gasteiger partial charge in [-0.25, -0.2) is 4.39 Å². The first-order valence-electron chi connectivity index (χ1n) is 5.85. The number of hydrazine groups is 1. The summed E-state index contributed by atoms with van der Waals surface area (Å²) in [4.78, 5) is 12.2. The molecule has 2 rings (SSSR count). The summed E-state index contributed by atoms with van der Waals surface area (Å²) in [6.07, 6.45) is 0. The zero-order chi connectivity index (χ0) is 14.7. The van der Waals surface area contributed by atoms with Crippen molar-refractivity contribution in [1.29, 1.82) is 0 Å². The van der Waals surface area contributed by atoms with Crippen molar-refractivity contribution in [2.45, 2.75) is 6.92 Å². The fourth-order valence-electron chi connectivity index (χ4n) is 1.75. The Morgan fingerprint density at radius 3 is 2.65 bits per heavy atom. The van der Waals surface area contributed by atoms with Gasteiger partial charge >= 0.3 is 0 Å². The highest BCUT2D eigenvalue weighted by atomic mass is 35.5. The van der Waals surface area contributed by atoms with Crippen molar-refractivity contribution in [2.75, 3.05) is 10.7 Å². The Kier molecular flexibility index (Phi) is 4.22. The summed E-state index contributed by atoms with van der Waals surface area (Å²) in [5, 5.41) is 3.04. The van der Waals surface area contributed by atoms with Gasteiger partial charge in [-0.05, 0) is 42.8 Å². The molecule has 0 aliphatic carbocycles. The number of carbonyl (C=O) groups excluding carboxylic acids is 1. The van der Waals surface area contributed by atoms with Gasteiger partial charge in [0.25, 0.3) is 5.91 Å². The second kappa shape index (κ2) is 5.90. The largest absolute Gasteiger partial charge is 0.323 e. The number of amides is 1. The molecule has 0 aromatic heterocycles. The Hall–Kier alpha value is -2.11. The number of hydrogen-bond acceptors (Lipinski definition) is 3. The number of rotatable bonds is 3. The van der Waals surface area contributed by atoms with Crippen LogP contribution in [0.3, 0.4) is 0 Å². The molecule has 4 N–H and O–H groups in total. The first-order valence-corrected chi connectivity index (χ1v) is 6.22. The van der Waals surface area contributed by atoms with Crippen LogP contribution in [0.15, 0.2) is 36.4 Å². The molecule has 6 heteroatoms. The summed E-state index contributed by atoms with van der Waals surface area (Å²) >= 11 is 5.87. The first kappa shape index (κ1) is 14.3. The second-order valence-electron chi connectivity index (χ2n) is 4.25. The minimum atomic E-state index is -0.422. The van der Waals surface area contributed by atoms with Gasteiger partial charge in [-0.2, -0.15) is 0 Å². The molecule has 0 aliphatic heterocycles. The molecular weight excluding hydrogens is 281 g/mol. The monoisotopic (exact) mass is 293 g/mol. The lowest BCUT2D eigenvalue weighted by Crippen LogP contribution is -2.17. The molecule has 0 spiro atoms. The minimum Gasteiger partial charge on any atom is -0.323 e. The van der Waals surface area contributed by atoms with Crippen molar-refractivity contribution in [3.63, 3.8) is 0 Å². The molecule has 0 heterocycles. The van der Waals surface area contributed by atoms with E-state index in [0.29, 0.717) is 16.4 Å². The fourth-order valence-corrected chi connectivity index (χ4v) is 1.92. The molecule has 0 bridgehead atoms. The fraction of sp³-hybridized carbons (Fsp3) is 0.0714. The number of hydrogen-bond donors (Lipinski definition) is 3. The van der Waals surface area contributed by atoms with Crippen LogP contribution in [-0.4, -0.2) is 5.91 Å². The molecule has 0 saturated carbocycles. The average Bonchev–Trinajstić information content (AvgIpc) is 2.42. The van der Waals surface area contributed by atoms with Crippen LogP contribution in [0.4, 0.5) is 15.8 Å². The lowest BCUT2D eigenvalue weighted by molar-refractivity contribution is 0.102. The lowest BCUT2D eigenvalue weighted by atomic mass is 10.1.